The molecule has 0 aromatic heterocycles. The molecule has 2 aliphatic rings. The van der Waals surface area contributed by atoms with Crippen molar-refractivity contribution in [1.82, 2.24) is 9.80 Å². The fourth-order valence-corrected chi connectivity index (χ4v) is 3.01. The zero-order valence-corrected chi connectivity index (χ0v) is 10.7. The number of likely N-dealkylation sites (tertiary alicyclic amines) is 2. The van der Waals surface area contributed by atoms with Crippen LogP contribution in [-0.2, 0) is 16.1 Å². The number of hydrogen-bond acceptors (Lipinski definition) is 3. The van der Waals surface area contributed by atoms with Crippen LogP contribution < -0.4 is 0 Å². The summed E-state index contributed by atoms with van der Waals surface area (Å²) < 4.78 is 13.1. The molecule has 2 heterocycles. The van der Waals surface area contributed by atoms with Crippen LogP contribution in [0.3, 0.4) is 0 Å². The molecule has 2 aliphatic heterocycles. The van der Waals surface area contributed by atoms with Crippen LogP contribution in [0.1, 0.15) is 5.56 Å². The molecule has 0 bridgehead atoms. The van der Waals surface area contributed by atoms with Gasteiger partial charge in [0.15, 0.2) is 0 Å². The van der Waals surface area contributed by atoms with Gasteiger partial charge in [-0.25, -0.2) is 4.39 Å². The first-order chi connectivity index (χ1) is 9.06. The highest BCUT2D eigenvalue weighted by Crippen LogP contribution is 2.33. The number of hydrogen-bond donors (Lipinski definition) is 0. The lowest BCUT2D eigenvalue weighted by Crippen LogP contribution is -2.32. The Kier molecular flexibility index (Phi) is 2.86. The first-order valence-corrected chi connectivity index (χ1v) is 6.34. The van der Waals surface area contributed by atoms with Crippen molar-refractivity contribution in [2.75, 3.05) is 20.1 Å². The van der Waals surface area contributed by atoms with E-state index in [1.54, 1.807) is 13.1 Å². The van der Waals surface area contributed by atoms with E-state index >= 15 is 0 Å². The molecule has 5 heteroatoms. The molecular weight excluding hydrogens is 247 g/mol. The molecule has 0 aliphatic carbocycles. The van der Waals surface area contributed by atoms with Crippen molar-refractivity contribution in [2.45, 2.75) is 6.54 Å². The average molecular weight is 262 g/mol. The highest BCUT2D eigenvalue weighted by molar-refractivity contribution is 6.05. The lowest BCUT2D eigenvalue weighted by atomic mass is 10.00. The van der Waals surface area contributed by atoms with Gasteiger partial charge in [0.2, 0.25) is 11.8 Å². The molecule has 100 valence electrons. The van der Waals surface area contributed by atoms with Crippen molar-refractivity contribution in [3.05, 3.63) is 35.6 Å². The molecule has 1 aromatic rings. The quantitative estimate of drug-likeness (QED) is 0.743. The second-order valence-electron chi connectivity index (χ2n) is 5.27. The molecule has 2 fully saturated rings. The number of rotatable bonds is 2. The molecule has 19 heavy (non-hydrogen) atoms. The number of benzene rings is 1. The second kappa shape index (κ2) is 4.42. The Labute approximate surface area is 110 Å². The van der Waals surface area contributed by atoms with E-state index in [4.69, 9.17) is 0 Å². The third-order valence-corrected chi connectivity index (χ3v) is 3.99. The zero-order valence-electron chi connectivity index (χ0n) is 10.7. The predicted molar refractivity (Wildman–Crippen MR) is 66.4 cm³/mol. The number of amides is 2. The second-order valence-corrected chi connectivity index (χ2v) is 5.27. The monoisotopic (exact) mass is 262 g/mol. The van der Waals surface area contributed by atoms with Gasteiger partial charge in [0.05, 0.1) is 11.8 Å². The van der Waals surface area contributed by atoms with Gasteiger partial charge in [-0.3, -0.25) is 19.4 Å². The van der Waals surface area contributed by atoms with Crippen molar-refractivity contribution in [3.63, 3.8) is 0 Å². The van der Waals surface area contributed by atoms with Crippen molar-refractivity contribution >= 4 is 11.8 Å². The van der Waals surface area contributed by atoms with Crippen LogP contribution in [0, 0.1) is 17.7 Å². The SMILES string of the molecule is CN1C(=O)[C@H]2CN(Cc3cccc(F)c3)C[C@H]2C1=O. The topological polar surface area (TPSA) is 40.6 Å². The van der Waals surface area contributed by atoms with Crippen LogP contribution in [-0.4, -0.2) is 41.8 Å². The maximum Gasteiger partial charge on any atom is 0.234 e. The van der Waals surface area contributed by atoms with Gasteiger partial charge in [-0.2, -0.15) is 0 Å². The molecule has 3 rings (SSSR count). The van der Waals surface area contributed by atoms with Crippen LogP contribution in [0.15, 0.2) is 24.3 Å². The third-order valence-electron chi connectivity index (χ3n) is 3.99. The normalized spacial score (nSPS) is 27.2. The van der Waals surface area contributed by atoms with Gasteiger partial charge in [0.1, 0.15) is 5.82 Å². The molecule has 2 saturated heterocycles. The van der Waals surface area contributed by atoms with E-state index in [-0.39, 0.29) is 29.5 Å². The van der Waals surface area contributed by atoms with Gasteiger partial charge in [0, 0.05) is 26.7 Å². The van der Waals surface area contributed by atoms with Crippen LogP contribution >= 0.6 is 0 Å². The average Bonchev–Trinajstić information content (AvgIpc) is 2.86. The summed E-state index contributed by atoms with van der Waals surface area (Å²) >= 11 is 0. The number of carbonyl (C=O) groups excluding carboxylic acids is 2. The van der Waals surface area contributed by atoms with Crippen LogP contribution in [0.5, 0.6) is 0 Å². The highest BCUT2D eigenvalue weighted by Gasteiger charge is 2.50. The maximum atomic E-state index is 13.1. The van der Waals surface area contributed by atoms with Crippen LogP contribution in [0.25, 0.3) is 0 Å². The molecule has 0 unspecified atom stereocenters. The summed E-state index contributed by atoms with van der Waals surface area (Å²) in [5.41, 5.74) is 0.869. The van der Waals surface area contributed by atoms with Crippen molar-refractivity contribution in [2.24, 2.45) is 11.8 Å². The minimum atomic E-state index is -0.260. The highest BCUT2D eigenvalue weighted by atomic mass is 19.1. The van der Waals surface area contributed by atoms with Gasteiger partial charge in [-0.1, -0.05) is 12.1 Å². The Hall–Kier alpha value is -1.75. The number of fused-ring (bicyclic) bond motifs is 1. The Morgan fingerprint density at radius 2 is 1.84 bits per heavy atom. The molecule has 1 aromatic carbocycles. The van der Waals surface area contributed by atoms with Gasteiger partial charge >= 0.3 is 0 Å². The summed E-state index contributed by atoms with van der Waals surface area (Å²) in [5.74, 6) is -0.866. The molecular formula is C14H15FN2O2. The van der Waals surface area contributed by atoms with E-state index in [0.29, 0.717) is 19.6 Å². The molecule has 2 amide bonds. The van der Waals surface area contributed by atoms with E-state index in [0.717, 1.165) is 5.56 Å². The summed E-state index contributed by atoms with van der Waals surface area (Å²) in [6, 6.07) is 6.42. The molecule has 0 saturated carbocycles. The molecule has 0 radical (unpaired) electrons. The van der Waals surface area contributed by atoms with E-state index in [1.807, 2.05) is 11.0 Å². The van der Waals surface area contributed by atoms with Gasteiger partial charge in [-0.15, -0.1) is 0 Å². The van der Waals surface area contributed by atoms with Gasteiger partial charge in [0.25, 0.3) is 0 Å². The van der Waals surface area contributed by atoms with E-state index in [2.05, 4.69) is 0 Å². The summed E-state index contributed by atoms with van der Waals surface area (Å²) in [6.45, 7) is 1.74. The summed E-state index contributed by atoms with van der Waals surface area (Å²) in [6.07, 6.45) is 0. The standard InChI is InChI=1S/C14H15FN2O2/c1-16-13(18)11-7-17(8-12(11)14(16)19)6-9-3-2-4-10(15)5-9/h2-5,11-12H,6-8H2,1H3/t11-,12+. The summed E-state index contributed by atoms with van der Waals surface area (Å²) in [4.78, 5) is 27.0. The molecule has 4 nitrogen and oxygen atoms in total. The zero-order chi connectivity index (χ0) is 13.6. The predicted octanol–water partition coefficient (Wildman–Crippen LogP) is 0.872. The Balaban J connectivity index is 1.71. The fourth-order valence-electron chi connectivity index (χ4n) is 3.01. The van der Waals surface area contributed by atoms with Crippen molar-refractivity contribution in [1.29, 1.82) is 0 Å². The van der Waals surface area contributed by atoms with Gasteiger partial charge in [-0.05, 0) is 17.7 Å². The number of nitrogens with zero attached hydrogens (tertiary/aromatic N) is 2. The van der Waals surface area contributed by atoms with Crippen LogP contribution in [0.2, 0.25) is 0 Å². The third kappa shape index (κ3) is 2.04. The molecule has 0 N–H and O–H groups in total. The number of halogens is 1. The molecule has 2 atom stereocenters. The Morgan fingerprint density at radius 1 is 1.21 bits per heavy atom. The summed E-state index contributed by atoms with van der Waals surface area (Å²) in [7, 11) is 1.54. The minimum Gasteiger partial charge on any atom is -0.297 e. The summed E-state index contributed by atoms with van der Waals surface area (Å²) in [5, 5.41) is 0. The maximum absolute atomic E-state index is 13.1. The largest absolute Gasteiger partial charge is 0.297 e. The van der Waals surface area contributed by atoms with Crippen molar-refractivity contribution < 1.29 is 14.0 Å². The smallest absolute Gasteiger partial charge is 0.234 e. The van der Waals surface area contributed by atoms with Gasteiger partial charge < -0.3 is 0 Å². The van der Waals surface area contributed by atoms with Crippen LogP contribution in [0.4, 0.5) is 4.39 Å². The lowest BCUT2D eigenvalue weighted by Gasteiger charge is -2.18. The van der Waals surface area contributed by atoms with E-state index in [9.17, 15) is 14.0 Å². The number of carbonyl (C=O) groups is 2. The van der Waals surface area contributed by atoms with E-state index < -0.39 is 0 Å². The Morgan fingerprint density at radius 3 is 2.42 bits per heavy atom. The first kappa shape index (κ1) is 12.3. The van der Waals surface area contributed by atoms with Crippen molar-refractivity contribution in [3.8, 4) is 0 Å². The number of imide groups is 1. The van der Waals surface area contributed by atoms with E-state index in [1.165, 1.54) is 17.0 Å². The lowest BCUT2D eigenvalue weighted by molar-refractivity contribution is -0.138. The Bertz CT molecular complexity index is 522. The first-order valence-electron chi connectivity index (χ1n) is 6.34. The molecule has 0 spiro atoms. The minimum absolute atomic E-state index is 0.0863. The fraction of sp³-hybridized carbons (Fsp3) is 0.429.